The van der Waals surface area contributed by atoms with Gasteiger partial charge in [-0.15, -0.1) is 0 Å². The molecule has 2 heterocycles. The van der Waals surface area contributed by atoms with Crippen LogP contribution < -0.4 is 5.56 Å². The maximum Gasteiger partial charge on any atom is 0.305 e. The Morgan fingerprint density at radius 1 is 1.43 bits per heavy atom. The van der Waals surface area contributed by atoms with E-state index >= 15 is 0 Å². The Balaban J connectivity index is 2.12. The summed E-state index contributed by atoms with van der Waals surface area (Å²) in [6.45, 7) is 1.41. The molecule has 1 fully saturated rings. The quantitative estimate of drug-likeness (QED) is 0.618. The first-order valence-corrected chi connectivity index (χ1v) is 6.52. The number of esters is 1. The van der Waals surface area contributed by atoms with Crippen LogP contribution in [0.15, 0.2) is 23.1 Å². The molecule has 0 bridgehead atoms. The molecule has 4 atom stereocenters. The number of ether oxygens (including phenoxy) is 2. The molecule has 3 N–H and O–H groups in total. The lowest BCUT2D eigenvalue weighted by Gasteiger charge is -2.17. The minimum atomic E-state index is -1.35. The SMILES string of the molecule is CCC(=O)OCC1OC(n2ccc(O)cc2=O)C(O)C1O. The van der Waals surface area contributed by atoms with Gasteiger partial charge in [-0.2, -0.15) is 0 Å². The third-order valence-electron chi connectivity index (χ3n) is 3.24. The van der Waals surface area contributed by atoms with Gasteiger partial charge < -0.3 is 24.8 Å². The van der Waals surface area contributed by atoms with Crippen LogP contribution in [0.2, 0.25) is 0 Å². The molecular weight excluding hydrogens is 282 g/mol. The van der Waals surface area contributed by atoms with Crippen LogP contribution >= 0.6 is 0 Å². The van der Waals surface area contributed by atoms with Crippen molar-refractivity contribution in [2.75, 3.05) is 6.61 Å². The number of aliphatic hydroxyl groups is 2. The minimum Gasteiger partial charge on any atom is -0.508 e. The monoisotopic (exact) mass is 299 g/mol. The summed E-state index contributed by atoms with van der Waals surface area (Å²) in [5.74, 6) is -0.664. The van der Waals surface area contributed by atoms with Gasteiger partial charge in [0.15, 0.2) is 6.23 Å². The molecule has 0 saturated carbocycles. The molecular formula is C13H17NO7. The van der Waals surface area contributed by atoms with Crippen LogP contribution in [0.3, 0.4) is 0 Å². The average molecular weight is 299 g/mol. The number of pyridine rings is 1. The highest BCUT2D eigenvalue weighted by Gasteiger charge is 2.44. The van der Waals surface area contributed by atoms with Gasteiger partial charge >= 0.3 is 5.97 Å². The molecule has 1 saturated heterocycles. The zero-order valence-corrected chi connectivity index (χ0v) is 11.4. The number of hydrogen-bond donors (Lipinski definition) is 3. The molecule has 8 nitrogen and oxygen atoms in total. The van der Waals surface area contributed by atoms with E-state index in [2.05, 4.69) is 0 Å². The Bertz CT molecular complexity index is 570. The van der Waals surface area contributed by atoms with Gasteiger partial charge in [0.05, 0.1) is 0 Å². The second-order valence-corrected chi connectivity index (χ2v) is 4.71. The van der Waals surface area contributed by atoms with Crippen LogP contribution in [0, 0.1) is 0 Å². The maximum absolute atomic E-state index is 11.7. The second kappa shape index (κ2) is 6.25. The van der Waals surface area contributed by atoms with Crippen molar-refractivity contribution in [1.82, 2.24) is 4.57 Å². The number of hydrogen-bond acceptors (Lipinski definition) is 7. The third-order valence-corrected chi connectivity index (χ3v) is 3.24. The average Bonchev–Trinajstić information content (AvgIpc) is 2.73. The highest BCUT2D eigenvalue weighted by Crippen LogP contribution is 2.28. The molecule has 0 radical (unpaired) electrons. The molecule has 1 aromatic rings. The van der Waals surface area contributed by atoms with Crippen LogP contribution in [0.5, 0.6) is 5.75 Å². The molecule has 0 amide bonds. The van der Waals surface area contributed by atoms with E-state index in [4.69, 9.17) is 9.47 Å². The number of aromatic nitrogens is 1. The first kappa shape index (κ1) is 15.5. The highest BCUT2D eigenvalue weighted by molar-refractivity contribution is 5.68. The molecule has 1 aliphatic rings. The third kappa shape index (κ3) is 3.23. The molecule has 116 valence electrons. The van der Waals surface area contributed by atoms with E-state index in [0.29, 0.717) is 0 Å². The van der Waals surface area contributed by atoms with Crippen LogP contribution in [0.4, 0.5) is 0 Å². The molecule has 8 heteroatoms. The number of carbonyl (C=O) groups excluding carboxylic acids is 1. The Hall–Kier alpha value is -1.90. The smallest absolute Gasteiger partial charge is 0.305 e. The van der Waals surface area contributed by atoms with Crippen molar-refractivity contribution in [3.8, 4) is 5.75 Å². The maximum atomic E-state index is 11.7. The molecule has 0 aromatic carbocycles. The number of aliphatic hydroxyl groups excluding tert-OH is 2. The van der Waals surface area contributed by atoms with Gasteiger partial charge in [-0.1, -0.05) is 6.92 Å². The first-order valence-electron chi connectivity index (χ1n) is 6.52. The molecule has 1 aliphatic heterocycles. The standard InChI is InChI=1S/C13H17NO7/c1-2-10(17)20-6-8-11(18)12(19)13(21-8)14-4-3-7(15)5-9(14)16/h3-5,8,11-13,15,18-19H,2,6H2,1H3. The van der Waals surface area contributed by atoms with Gasteiger partial charge in [0, 0.05) is 18.7 Å². The number of rotatable bonds is 4. The predicted molar refractivity (Wildman–Crippen MR) is 69.5 cm³/mol. The van der Waals surface area contributed by atoms with Crippen LogP contribution in [-0.2, 0) is 14.3 Å². The minimum absolute atomic E-state index is 0.187. The fourth-order valence-corrected chi connectivity index (χ4v) is 2.06. The summed E-state index contributed by atoms with van der Waals surface area (Å²) in [6, 6.07) is 2.22. The van der Waals surface area contributed by atoms with Crippen molar-refractivity contribution in [1.29, 1.82) is 0 Å². The summed E-state index contributed by atoms with van der Waals surface area (Å²) in [5.41, 5.74) is -0.586. The Morgan fingerprint density at radius 2 is 2.14 bits per heavy atom. The summed E-state index contributed by atoms with van der Waals surface area (Å²) in [7, 11) is 0. The van der Waals surface area contributed by atoms with Crippen molar-refractivity contribution >= 4 is 5.97 Å². The number of aromatic hydroxyl groups is 1. The summed E-state index contributed by atoms with van der Waals surface area (Å²) in [6.07, 6.45) is -3.25. The van der Waals surface area contributed by atoms with E-state index < -0.39 is 36.1 Å². The zero-order chi connectivity index (χ0) is 15.6. The molecule has 2 rings (SSSR count). The Morgan fingerprint density at radius 3 is 2.76 bits per heavy atom. The van der Waals surface area contributed by atoms with Crippen molar-refractivity contribution in [2.24, 2.45) is 0 Å². The van der Waals surface area contributed by atoms with Gasteiger partial charge in [-0.25, -0.2) is 0 Å². The van der Waals surface area contributed by atoms with Crippen molar-refractivity contribution in [3.05, 3.63) is 28.7 Å². The van der Waals surface area contributed by atoms with Crippen LogP contribution in [0.1, 0.15) is 19.6 Å². The van der Waals surface area contributed by atoms with Crippen LogP contribution in [-0.4, -0.2) is 50.8 Å². The zero-order valence-electron chi connectivity index (χ0n) is 11.4. The van der Waals surface area contributed by atoms with E-state index in [1.807, 2.05) is 0 Å². The van der Waals surface area contributed by atoms with E-state index in [1.54, 1.807) is 6.92 Å². The second-order valence-electron chi connectivity index (χ2n) is 4.71. The fraction of sp³-hybridized carbons (Fsp3) is 0.538. The van der Waals surface area contributed by atoms with Gasteiger partial charge in [0.1, 0.15) is 30.7 Å². The summed E-state index contributed by atoms with van der Waals surface area (Å²) in [4.78, 5) is 22.8. The predicted octanol–water partition coefficient (Wildman–Crippen LogP) is -0.874. The Kier molecular flexibility index (Phi) is 4.61. The van der Waals surface area contributed by atoms with E-state index in [0.717, 1.165) is 10.6 Å². The van der Waals surface area contributed by atoms with Crippen molar-refractivity contribution in [2.45, 2.75) is 37.9 Å². The lowest BCUT2D eigenvalue weighted by atomic mass is 10.1. The summed E-state index contributed by atoms with van der Waals surface area (Å²) >= 11 is 0. The number of carbonyl (C=O) groups is 1. The van der Waals surface area contributed by atoms with E-state index in [-0.39, 0.29) is 18.8 Å². The lowest BCUT2D eigenvalue weighted by molar-refractivity contribution is -0.149. The van der Waals surface area contributed by atoms with E-state index in [1.165, 1.54) is 12.3 Å². The van der Waals surface area contributed by atoms with Gasteiger partial charge in [-0.05, 0) is 6.07 Å². The summed E-state index contributed by atoms with van der Waals surface area (Å²) < 4.78 is 11.3. The normalized spacial score (nSPS) is 28.5. The van der Waals surface area contributed by atoms with Crippen molar-refractivity contribution in [3.63, 3.8) is 0 Å². The molecule has 4 unspecified atom stereocenters. The Labute approximate surface area is 120 Å². The topological polar surface area (TPSA) is 118 Å². The van der Waals surface area contributed by atoms with Gasteiger partial charge in [-0.3, -0.25) is 14.2 Å². The number of nitrogens with zero attached hydrogens (tertiary/aromatic N) is 1. The molecule has 1 aromatic heterocycles. The molecule has 0 aliphatic carbocycles. The largest absolute Gasteiger partial charge is 0.508 e. The lowest BCUT2D eigenvalue weighted by Crippen LogP contribution is -2.35. The molecule has 21 heavy (non-hydrogen) atoms. The highest BCUT2D eigenvalue weighted by atomic mass is 16.6. The van der Waals surface area contributed by atoms with E-state index in [9.17, 15) is 24.9 Å². The van der Waals surface area contributed by atoms with Gasteiger partial charge in [0.2, 0.25) is 0 Å². The van der Waals surface area contributed by atoms with Gasteiger partial charge in [0.25, 0.3) is 5.56 Å². The summed E-state index contributed by atoms with van der Waals surface area (Å²) in [5, 5.41) is 29.0. The van der Waals surface area contributed by atoms with Crippen molar-refractivity contribution < 1.29 is 29.6 Å². The molecule has 0 spiro atoms. The van der Waals surface area contributed by atoms with Crippen LogP contribution in [0.25, 0.3) is 0 Å². The fourth-order valence-electron chi connectivity index (χ4n) is 2.06. The first-order chi connectivity index (χ1) is 9.93.